The minimum absolute atomic E-state index is 0.0845. The minimum Gasteiger partial charge on any atom is -0.458 e. The Labute approximate surface area is 216 Å². The molecule has 0 saturated carbocycles. The van der Waals surface area contributed by atoms with Crippen molar-refractivity contribution < 1.29 is 33.6 Å². The van der Waals surface area contributed by atoms with E-state index in [1.165, 1.54) is 0 Å². The number of hydrogen-bond donors (Lipinski definition) is 3. The molecule has 12 nitrogen and oxygen atoms in total. The van der Waals surface area contributed by atoms with Gasteiger partial charge in [0.15, 0.2) is 17.6 Å². The molecular formula is C26H26N4O8. The first-order valence-corrected chi connectivity index (χ1v) is 12.4. The number of ether oxygens (including phenoxy) is 4. The number of rotatable bonds is 8. The molecule has 5 heterocycles. The van der Waals surface area contributed by atoms with Gasteiger partial charge in [0.05, 0.1) is 35.6 Å². The van der Waals surface area contributed by atoms with Crippen LogP contribution in [0.4, 0.5) is 0 Å². The zero-order chi connectivity index (χ0) is 26.4. The van der Waals surface area contributed by atoms with Crippen LogP contribution in [-0.4, -0.2) is 53.2 Å². The number of unbranched alkanes of at least 4 members (excludes halogenated alkanes) is 1. The zero-order valence-electron chi connectivity index (χ0n) is 20.5. The Morgan fingerprint density at radius 2 is 1.97 bits per heavy atom. The average Bonchev–Trinajstić information content (AvgIpc) is 3.53. The molecule has 0 spiro atoms. The number of aromatic nitrogens is 2. The number of nitrogens with zero attached hydrogens (tertiary/aromatic N) is 2. The summed E-state index contributed by atoms with van der Waals surface area (Å²) in [6.45, 7) is 0.760. The Hall–Kier alpha value is -4.00. The smallest absolute Gasteiger partial charge is 0.340 e. The fraction of sp³-hybridized carbons (Fsp3) is 0.385. The molecule has 198 valence electrons. The molecule has 3 aromatic rings. The van der Waals surface area contributed by atoms with Crippen molar-refractivity contribution in [2.24, 2.45) is 5.73 Å². The van der Waals surface area contributed by atoms with Gasteiger partial charge in [0, 0.05) is 29.2 Å². The molecule has 0 unspecified atom stereocenters. The number of aliphatic hydroxyl groups is 1. The summed E-state index contributed by atoms with van der Waals surface area (Å²) in [4.78, 5) is 41.4. The number of aryl methyl sites for hydroxylation is 1. The first kappa shape index (κ1) is 24.3. The molecule has 1 amide bonds. The molecule has 0 fully saturated rings. The fourth-order valence-corrected chi connectivity index (χ4v) is 5.17. The van der Waals surface area contributed by atoms with E-state index in [9.17, 15) is 19.5 Å². The maximum absolute atomic E-state index is 13.4. The fourth-order valence-electron chi connectivity index (χ4n) is 5.17. The number of benzene rings is 1. The van der Waals surface area contributed by atoms with Crippen LogP contribution in [0, 0.1) is 0 Å². The van der Waals surface area contributed by atoms with Crippen LogP contribution < -0.4 is 26.1 Å². The van der Waals surface area contributed by atoms with Crippen LogP contribution in [0.5, 0.6) is 11.5 Å². The number of carbonyl (C=O) groups excluding carboxylic acids is 2. The van der Waals surface area contributed by atoms with Gasteiger partial charge in [-0.15, -0.1) is 0 Å². The van der Waals surface area contributed by atoms with Gasteiger partial charge in [-0.3, -0.25) is 9.59 Å². The topological polar surface area (TPSA) is 164 Å². The Balaban J connectivity index is 1.34. The van der Waals surface area contributed by atoms with Gasteiger partial charge in [-0.2, -0.15) is 0 Å². The average molecular weight is 523 g/mol. The van der Waals surface area contributed by atoms with Gasteiger partial charge in [0.25, 0.3) is 5.56 Å². The summed E-state index contributed by atoms with van der Waals surface area (Å²) in [7, 11) is 0. The van der Waals surface area contributed by atoms with Crippen LogP contribution in [0.1, 0.15) is 41.2 Å². The Morgan fingerprint density at radius 1 is 1.16 bits per heavy atom. The van der Waals surface area contributed by atoms with Crippen LogP contribution in [0.2, 0.25) is 0 Å². The number of pyridine rings is 2. The maximum Gasteiger partial charge on any atom is 0.340 e. The monoisotopic (exact) mass is 522 g/mol. The Kier molecular flexibility index (Phi) is 6.22. The summed E-state index contributed by atoms with van der Waals surface area (Å²) >= 11 is 0. The van der Waals surface area contributed by atoms with Gasteiger partial charge in [0.1, 0.15) is 13.3 Å². The zero-order valence-corrected chi connectivity index (χ0v) is 20.5. The van der Waals surface area contributed by atoms with E-state index >= 15 is 0 Å². The summed E-state index contributed by atoms with van der Waals surface area (Å²) in [5, 5.41) is 13.9. The highest BCUT2D eigenvalue weighted by Crippen LogP contribution is 2.42. The lowest BCUT2D eigenvalue weighted by Crippen LogP contribution is -2.32. The molecule has 1 aromatic carbocycles. The number of hydrogen-bond acceptors (Lipinski definition) is 10. The second-order valence-corrected chi connectivity index (χ2v) is 9.32. The highest BCUT2D eigenvalue weighted by molar-refractivity contribution is 5.91. The largest absolute Gasteiger partial charge is 0.458 e. The van der Waals surface area contributed by atoms with Crippen molar-refractivity contribution in [2.45, 2.75) is 38.5 Å². The molecule has 0 saturated heterocycles. The van der Waals surface area contributed by atoms with Crippen LogP contribution in [0.25, 0.3) is 22.3 Å². The lowest BCUT2D eigenvalue weighted by Gasteiger charge is -2.21. The summed E-state index contributed by atoms with van der Waals surface area (Å²) < 4.78 is 23.3. The van der Waals surface area contributed by atoms with Crippen molar-refractivity contribution in [3.05, 3.63) is 50.8 Å². The Bertz CT molecular complexity index is 1530. The molecule has 4 N–H and O–H groups in total. The molecule has 2 aromatic heterocycles. The molecule has 1 atom stereocenters. The van der Waals surface area contributed by atoms with Gasteiger partial charge >= 0.3 is 5.97 Å². The number of aliphatic hydroxyl groups excluding tert-OH is 1. The molecule has 3 aliphatic rings. The number of fused-ring (bicyclic) bond motifs is 6. The predicted molar refractivity (Wildman–Crippen MR) is 132 cm³/mol. The van der Waals surface area contributed by atoms with Crippen LogP contribution in [0.3, 0.4) is 0 Å². The van der Waals surface area contributed by atoms with Crippen molar-refractivity contribution in [1.29, 1.82) is 0 Å². The standard InChI is InChI=1S/C26H26N4O8/c27-8-22(31)28-11-35-4-2-1-3-13-14-6-20-21(38-12-37-20)7-18(14)29-23-16(13)9-30-19(23)5-15-17(25(30)33)10-36-26(34)24(15)32/h5-7,24,32H,1-4,8-12,27H2,(H,28,31)/t24-/m0/s1. The number of nitrogens with two attached hydrogens (primary N) is 1. The number of amides is 1. The van der Waals surface area contributed by atoms with Gasteiger partial charge in [-0.1, -0.05) is 0 Å². The summed E-state index contributed by atoms with van der Waals surface area (Å²) in [5.74, 6) is 0.191. The molecule has 0 bridgehead atoms. The number of cyclic esters (lactones) is 1. The number of nitrogens with one attached hydrogen (secondary N) is 1. The Morgan fingerprint density at radius 3 is 2.79 bits per heavy atom. The van der Waals surface area contributed by atoms with Crippen molar-refractivity contribution in [3.63, 3.8) is 0 Å². The molecule has 6 rings (SSSR count). The third-order valence-electron chi connectivity index (χ3n) is 7.09. The molecular weight excluding hydrogens is 496 g/mol. The lowest BCUT2D eigenvalue weighted by molar-refractivity contribution is -0.157. The maximum atomic E-state index is 13.4. The lowest BCUT2D eigenvalue weighted by atomic mass is 9.95. The van der Waals surface area contributed by atoms with E-state index in [2.05, 4.69) is 5.32 Å². The van der Waals surface area contributed by atoms with E-state index in [1.54, 1.807) is 10.6 Å². The van der Waals surface area contributed by atoms with E-state index < -0.39 is 12.1 Å². The number of esters is 1. The van der Waals surface area contributed by atoms with Crippen LogP contribution in [-0.2, 0) is 38.6 Å². The first-order chi connectivity index (χ1) is 18.5. The van der Waals surface area contributed by atoms with Crippen molar-refractivity contribution >= 4 is 22.8 Å². The minimum atomic E-state index is -1.51. The predicted octanol–water partition coefficient (Wildman–Crippen LogP) is 0.616. The van der Waals surface area contributed by atoms with Gasteiger partial charge in [-0.25, -0.2) is 9.78 Å². The quantitative estimate of drug-likeness (QED) is 0.170. The van der Waals surface area contributed by atoms with Crippen molar-refractivity contribution in [2.75, 3.05) is 26.7 Å². The number of carbonyl (C=O) groups is 2. The third kappa shape index (κ3) is 4.06. The molecule has 0 radical (unpaired) electrons. The SMILES string of the molecule is NCC(=O)NCOCCCCc1c2c(nc3cc4c(cc13)OCO4)-c1cc3c(c(=O)n1C2)COC(=O)[C@H]3O. The van der Waals surface area contributed by atoms with Gasteiger partial charge in [0.2, 0.25) is 12.7 Å². The van der Waals surface area contributed by atoms with Gasteiger partial charge < -0.3 is 39.7 Å². The van der Waals surface area contributed by atoms with E-state index in [4.69, 9.17) is 29.7 Å². The highest BCUT2D eigenvalue weighted by atomic mass is 16.7. The van der Waals surface area contributed by atoms with Crippen molar-refractivity contribution in [1.82, 2.24) is 14.9 Å². The van der Waals surface area contributed by atoms with E-state index in [1.807, 2.05) is 12.1 Å². The summed E-state index contributed by atoms with van der Waals surface area (Å²) in [6, 6.07) is 5.43. The van der Waals surface area contributed by atoms with Crippen LogP contribution >= 0.6 is 0 Å². The van der Waals surface area contributed by atoms with E-state index in [0.717, 1.165) is 29.4 Å². The molecule has 38 heavy (non-hydrogen) atoms. The first-order valence-electron chi connectivity index (χ1n) is 12.4. The molecule has 12 heteroatoms. The normalized spacial score (nSPS) is 16.7. The second-order valence-electron chi connectivity index (χ2n) is 9.32. The molecule has 3 aliphatic heterocycles. The van der Waals surface area contributed by atoms with E-state index in [0.29, 0.717) is 48.0 Å². The second kappa shape index (κ2) is 9.71. The summed E-state index contributed by atoms with van der Waals surface area (Å²) in [6.07, 6.45) is 0.707. The third-order valence-corrected chi connectivity index (χ3v) is 7.09. The van der Waals surface area contributed by atoms with E-state index in [-0.39, 0.29) is 49.3 Å². The van der Waals surface area contributed by atoms with Crippen molar-refractivity contribution in [3.8, 4) is 22.9 Å². The highest BCUT2D eigenvalue weighted by Gasteiger charge is 2.35. The molecule has 0 aliphatic carbocycles. The van der Waals surface area contributed by atoms with Crippen LogP contribution in [0.15, 0.2) is 23.0 Å². The van der Waals surface area contributed by atoms with Gasteiger partial charge in [-0.05, 0) is 37.0 Å². The summed E-state index contributed by atoms with van der Waals surface area (Å²) in [5.41, 5.74) is 9.33.